The molecule has 0 amide bonds. The normalized spacial score (nSPS) is 13.9. The molecule has 0 radical (unpaired) electrons. The highest BCUT2D eigenvalue weighted by Crippen LogP contribution is 2.16. The average molecular weight is 290 g/mol. The predicted molar refractivity (Wildman–Crippen MR) is 68.9 cm³/mol. The monoisotopic (exact) mass is 289 g/mol. The molecule has 0 aliphatic rings. The average Bonchev–Trinajstić information content (AvgIpc) is 2.14. The van der Waals surface area contributed by atoms with Crippen molar-refractivity contribution >= 4 is 26.9 Å². The summed E-state index contributed by atoms with van der Waals surface area (Å²) in [5, 5.41) is 0. The number of halogens is 1. The van der Waals surface area contributed by atoms with Gasteiger partial charge in [0.1, 0.15) is 0 Å². The standard InChI is InChI=1S/C11H16BrNOS/c1-11(2,3)15(14)13-8-9-6-4-5-7-10(9)12/h4-7,13H,8H2,1-3H3/t15-/m1/s1. The van der Waals surface area contributed by atoms with E-state index >= 15 is 0 Å². The molecule has 84 valence electrons. The SMILES string of the molecule is CC(C)(C)[S@@](=O)NCc1ccccc1Br. The zero-order chi connectivity index (χ0) is 11.5. The van der Waals surface area contributed by atoms with E-state index in [0.717, 1.165) is 10.0 Å². The summed E-state index contributed by atoms with van der Waals surface area (Å²) < 4.78 is 15.6. The molecule has 0 saturated carbocycles. The summed E-state index contributed by atoms with van der Waals surface area (Å²) in [6.07, 6.45) is 0. The van der Waals surface area contributed by atoms with Crippen molar-refractivity contribution in [3.63, 3.8) is 0 Å². The molecule has 0 spiro atoms. The fraction of sp³-hybridized carbons (Fsp3) is 0.455. The second kappa shape index (κ2) is 5.23. The van der Waals surface area contributed by atoms with Crippen LogP contribution in [0.5, 0.6) is 0 Å². The van der Waals surface area contributed by atoms with Crippen LogP contribution in [0.25, 0.3) is 0 Å². The van der Waals surface area contributed by atoms with E-state index in [4.69, 9.17) is 0 Å². The maximum absolute atomic E-state index is 11.7. The van der Waals surface area contributed by atoms with Gasteiger partial charge in [-0.2, -0.15) is 0 Å². The summed E-state index contributed by atoms with van der Waals surface area (Å²) in [5.74, 6) is 0. The third-order valence-corrected chi connectivity index (χ3v) is 4.20. The van der Waals surface area contributed by atoms with Crippen molar-refractivity contribution in [1.29, 1.82) is 0 Å². The second-order valence-electron chi connectivity index (χ2n) is 4.29. The minimum Gasteiger partial charge on any atom is -0.242 e. The molecule has 15 heavy (non-hydrogen) atoms. The van der Waals surface area contributed by atoms with Crippen LogP contribution >= 0.6 is 15.9 Å². The molecule has 0 saturated heterocycles. The summed E-state index contributed by atoms with van der Waals surface area (Å²) in [5.41, 5.74) is 1.12. The molecule has 1 aromatic rings. The zero-order valence-corrected chi connectivity index (χ0v) is 11.6. The highest BCUT2D eigenvalue weighted by Gasteiger charge is 2.18. The first kappa shape index (κ1) is 12.9. The molecule has 0 bridgehead atoms. The summed E-state index contributed by atoms with van der Waals surface area (Å²) in [7, 11) is -1.02. The summed E-state index contributed by atoms with van der Waals surface area (Å²) >= 11 is 3.46. The number of nitrogens with one attached hydrogen (secondary N) is 1. The van der Waals surface area contributed by atoms with Crippen molar-refractivity contribution < 1.29 is 4.21 Å². The lowest BCUT2D eigenvalue weighted by molar-refractivity contribution is 0.635. The Morgan fingerprint density at radius 3 is 2.47 bits per heavy atom. The van der Waals surface area contributed by atoms with Crippen LogP contribution < -0.4 is 4.72 Å². The molecule has 1 N–H and O–H groups in total. The first-order chi connectivity index (χ1) is 6.91. The molecule has 1 rings (SSSR count). The van der Waals surface area contributed by atoms with Gasteiger partial charge in [-0.1, -0.05) is 34.1 Å². The summed E-state index contributed by atoms with van der Waals surface area (Å²) in [6, 6.07) is 7.93. The second-order valence-corrected chi connectivity index (χ2v) is 7.20. The quantitative estimate of drug-likeness (QED) is 0.911. The molecule has 0 unspecified atom stereocenters. The summed E-state index contributed by atoms with van der Waals surface area (Å²) in [4.78, 5) is 0. The zero-order valence-electron chi connectivity index (χ0n) is 9.21. The predicted octanol–water partition coefficient (Wildman–Crippen LogP) is 3.00. The van der Waals surface area contributed by atoms with Crippen molar-refractivity contribution in [2.24, 2.45) is 0 Å². The van der Waals surface area contributed by atoms with E-state index in [0.29, 0.717) is 6.54 Å². The van der Waals surface area contributed by atoms with Gasteiger partial charge < -0.3 is 0 Å². The number of rotatable bonds is 3. The highest BCUT2D eigenvalue weighted by molar-refractivity contribution is 9.10. The number of hydrogen-bond acceptors (Lipinski definition) is 1. The molecule has 1 aromatic carbocycles. The third kappa shape index (κ3) is 4.05. The Morgan fingerprint density at radius 2 is 1.93 bits per heavy atom. The van der Waals surface area contributed by atoms with Crippen LogP contribution in [-0.2, 0) is 17.5 Å². The third-order valence-electron chi connectivity index (χ3n) is 1.91. The highest BCUT2D eigenvalue weighted by atomic mass is 79.9. The van der Waals surface area contributed by atoms with E-state index in [2.05, 4.69) is 20.7 Å². The lowest BCUT2D eigenvalue weighted by Gasteiger charge is -2.18. The largest absolute Gasteiger partial charge is 0.242 e. The Balaban J connectivity index is 2.59. The van der Waals surface area contributed by atoms with E-state index < -0.39 is 11.0 Å². The maximum Gasteiger partial charge on any atom is 0.0973 e. The summed E-state index contributed by atoms with van der Waals surface area (Å²) in [6.45, 7) is 6.48. The van der Waals surface area contributed by atoms with Crippen LogP contribution in [0.4, 0.5) is 0 Å². The van der Waals surface area contributed by atoms with E-state index in [-0.39, 0.29) is 4.75 Å². The molecule has 0 aromatic heterocycles. The van der Waals surface area contributed by atoms with Gasteiger partial charge in [-0.05, 0) is 32.4 Å². The Kier molecular flexibility index (Phi) is 4.49. The topological polar surface area (TPSA) is 29.1 Å². The van der Waals surface area contributed by atoms with Gasteiger partial charge in [-0.3, -0.25) is 0 Å². The van der Waals surface area contributed by atoms with Gasteiger partial charge in [-0.25, -0.2) is 8.93 Å². The molecular formula is C11H16BrNOS. The van der Waals surface area contributed by atoms with Gasteiger partial charge in [-0.15, -0.1) is 0 Å². The van der Waals surface area contributed by atoms with Crippen LogP contribution in [0, 0.1) is 0 Å². The van der Waals surface area contributed by atoms with Crippen LogP contribution in [0.2, 0.25) is 0 Å². The van der Waals surface area contributed by atoms with E-state index in [1.54, 1.807) is 0 Å². The molecule has 0 heterocycles. The fourth-order valence-corrected chi connectivity index (χ4v) is 2.15. The lowest BCUT2D eigenvalue weighted by atomic mass is 10.2. The van der Waals surface area contributed by atoms with Gasteiger partial charge in [0.05, 0.1) is 15.7 Å². The Hall–Kier alpha value is -0.190. The van der Waals surface area contributed by atoms with Crippen molar-refractivity contribution in [3.05, 3.63) is 34.3 Å². The first-order valence-corrected chi connectivity index (χ1v) is 6.74. The molecule has 4 heteroatoms. The van der Waals surface area contributed by atoms with Gasteiger partial charge in [0.15, 0.2) is 0 Å². The van der Waals surface area contributed by atoms with Crippen molar-refractivity contribution in [1.82, 2.24) is 4.72 Å². The van der Waals surface area contributed by atoms with Crippen molar-refractivity contribution in [2.45, 2.75) is 32.1 Å². The van der Waals surface area contributed by atoms with Crippen LogP contribution in [-0.4, -0.2) is 8.96 Å². The van der Waals surface area contributed by atoms with E-state index in [9.17, 15) is 4.21 Å². The number of hydrogen-bond donors (Lipinski definition) is 1. The van der Waals surface area contributed by atoms with Crippen molar-refractivity contribution in [2.75, 3.05) is 0 Å². The molecule has 0 aliphatic carbocycles. The van der Waals surface area contributed by atoms with Crippen molar-refractivity contribution in [3.8, 4) is 0 Å². The van der Waals surface area contributed by atoms with Gasteiger partial charge >= 0.3 is 0 Å². The van der Waals surface area contributed by atoms with E-state index in [1.807, 2.05) is 45.0 Å². The van der Waals surface area contributed by atoms with Crippen LogP contribution in [0.15, 0.2) is 28.7 Å². The molecule has 0 fully saturated rings. The smallest absolute Gasteiger partial charge is 0.0973 e. The van der Waals surface area contributed by atoms with Crippen LogP contribution in [0.1, 0.15) is 26.3 Å². The Labute approximate surface area is 102 Å². The lowest BCUT2D eigenvalue weighted by Crippen LogP contribution is -2.32. The molecule has 2 nitrogen and oxygen atoms in total. The maximum atomic E-state index is 11.7. The Morgan fingerprint density at radius 1 is 1.33 bits per heavy atom. The fourth-order valence-electron chi connectivity index (χ4n) is 1.00. The van der Waals surface area contributed by atoms with Gasteiger partial charge in [0, 0.05) is 11.0 Å². The Bertz CT molecular complexity index is 360. The van der Waals surface area contributed by atoms with Gasteiger partial charge in [0.2, 0.25) is 0 Å². The van der Waals surface area contributed by atoms with Crippen LogP contribution in [0.3, 0.4) is 0 Å². The van der Waals surface area contributed by atoms with Gasteiger partial charge in [0.25, 0.3) is 0 Å². The minimum absolute atomic E-state index is 0.221. The van der Waals surface area contributed by atoms with E-state index in [1.165, 1.54) is 0 Å². The first-order valence-electron chi connectivity index (χ1n) is 4.80. The number of benzene rings is 1. The molecule has 1 atom stereocenters. The molecule has 0 aliphatic heterocycles. The minimum atomic E-state index is -1.02. The molecular weight excluding hydrogens is 274 g/mol.